The first-order chi connectivity index (χ1) is 14.7. The van der Waals surface area contributed by atoms with Gasteiger partial charge in [0.05, 0.1) is 12.3 Å². The lowest BCUT2D eigenvalue weighted by atomic mass is 10.1. The largest absolute Gasteiger partial charge is 0.446 e. The third-order valence-electron chi connectivity index (χ3n) is 5.61. The first-order valence-corrected chi connectivity index (χ1v) is 12.1. The Balaban J connectivity index is 1.32. The van der Waals surface area contributed by atoms with Crippen LogP contribution in [0.4, 0.5) is 0 Å². The molecule has 2 saturated carbocycles. The van der Waals surface area contributed by atoms with Gasteiger partial charge in [0, 0.05) is 6.04 Å². The molecule has 8 heteroatoms. The van der Waals surface area contributed by atoms with Crippen LogP contribution < -0.4 is 5.32 Å². The maximum absolute atomic E-state index is 12.6. The van der Waals surface area contributed by atoms with E-state index in [0.717, 1.165) is 5.56 Å². The van der Waals surface area contributed by atoms with Crippen LogP contribution in [0.25, 0.3) is 11.6 Å². The van der Waals surface area contributed by atoms with Gasteiger partial charge in [0.2, 0.25) is 11.7 Å². The average Bonchev–Trinajstić information content (AvgIpc) is 3.68. The maximum Gasteiger partial charge on any atom is 0.230 e. The van der Waals surface area contributed by atoms with Gasteiger partial charge in [0.1, 0.15) is 0 Å². The van der Waals surface area contributed by atoms with Crippen molar-refractivity contribution >= 4 is 33.6 Å². The topological polar surface area (TPSA) is 73.0 Å². The summed E-state index contributed by atoms with van der Waals surface area (Å²) in [4.78, 5) is 12.6. The van der Waals surface area contributed by atoms with Gasteiger partial charge in [-0.25, -0.2) is 0 Å². The van der Waals surface area contributed by atoms with E-state index in [9.17, 15) is 4.79 Å². The summed E-state index contributed by atoms with van der Waals surface area (Å²) in [6.07, 6.45) is 5.01. The van der Waals surface area contributed by atoms with Crippen LogP contribution in [0, 0.1) is 11.8 Å². The molecular weight excluding hydrogens is 464 g/mol. The van der Waals surface area contributed by atoms with Crippen LogP contribution in [0.15, 0.2) is 56.7 Å². The number of nitrogens with one attached hydrogen (secondary N) is 1. The number of carbonyl (C=O) groups excluding carboxylic acids is 1. The minimum absolute atomic E-state index is 0.0837. The lowest BCUT2D eigenvalue weighted by molar-refractivity contribution is -0.119. The molecule has 156 valence electrons. The molecule has 0 radical (unpaired) electrons. The van der Waals surface area contributed by atoms with Crippen LogP contribution in [-0.2, 0) is 11.3 Å². The van der Waals surface area contributed by atoms with Crippen LogP contribution >= 0.6 is 27.7 Å². The Morgan fingerprint density at radius 1 is 1.13 bits per heavy atom. The standard InChI is InChI=1S/C22H23BrN4O2S/c23-18-11-10-17(29-18)21-25-26-22(27(21)12-14-4-2-1-3-5-14)30-13-19(28)24-20(15-6-7-15)16-8-9-16/h1-5,10-11,15-16,20H,6-9,12-13H2,(H,24,28). The fourth-order valence-electron chi connectivity index (χ4n) is 3.81. The van der Waals surface area contributed by atoms with E-state index >= 15 is 0 Å². The predicted octanol–water partition coefficient (Wildman–Crippen LogP) is 4.75. The monoisotopic (exact) mass is 486 g/mol. The molecule has 0 bridgehead atoms. The Morgan fingerprint density at radius 3 is 2.50 bits per heavy atom. The summed E-state index contributed by atoms with van der Waals surface area (Å²) in [5.74, 6) is 3.10. The second-order valence-electron chi connectivity index (χ2n) is 8.04. The zero-order chi connectivity index (χ0) is 20.5. The third-order valence-corrected chi connectivity index (χ3v) is 7.01. The molecule has 30 heavy (non-hydrogen) atoms. The summed E-state index contributed by atoms with van der Waals surface area (Å²) in [7, 11) is 0. The molecule has 1 N–H and O–H groups in total. The molecule has 0 spiro atoms. The van der Waals surface area contributed by atoms with Gasteiger partial charge in [-0.15, -0.1) is 10.2 Å². The molecule has 2 aromatic heterocycles. The van der Waals surface area contributed by atoms with Gasteiger partial charge in [-0.05, 0) is 71.1 Å². The molecular formula is C22H23BrN4O2S. The van der Waals surface area contributed by atoms with Crippen LogP contribution in [0.1, 0.15) is 31.2 Å². The molecule has 6 nitrogen and oxygen atoms in total. The molecule has 2 aliphatic carbocycles. The normalized spacial score (nSPS) is 16.2. The second kappa shape index (κ2) is 8.59. The number of thioether (sulfide) groups is 1. The summed E-state index contributed by atoms with van der Waals surface area (Å²) >= 11 is 4.78. The SMILES string of the molecule is O=C(CSc1nnc(-c2ccc(Br)o2)n1Cc1ccccc1)NC(C1CC1)C1CC1. The first-order valence-electron chi connectivity index (χ1n) is 10.3. The number of furan rings is 1. The van der Waals surface area contributed by atoms with E-state index in [0.29, 0.717) is 51.6 Å². The molecule has 0 atom stereocenters. The number of rotatable bonds is 9. The van der Waals surface area contributed by atoms with Crippen LogP contribution in [0.5, 0.6) is 0 Å². The van der Waals surface area contributed by atoms with Crippen molar-refractivity contribution in [3.8, 4) is 11.6 Å². The minimum Gasteiger partial charge on any atom is -0.446 e. The number of benzene rings is 1. The lowest BCUT2D eigenvalue weighted by Gasteiger charge is -2.17. The van der Waals surface area contributed by atoms with E-state index in [2.05, 4.69) is 43.6 Å². The highest BCUT2D eigenvalue weighted by Gasteiger charge is 2.42. The van der Waals surface area contributed by atoms with Crippen molar-refractivity contribution in [1.29, 1.82) is 0 Å². The molecule has 1 amide bonds. The fourth-order valence-corrected chi connectivity index (χ4v) is 4.87. The summed E-state index contributed by atoms with van der Waals surface area (Å²) in [5, 5.41) is 12.7. The van der Waals surface area contributed by atoms with Crippen LogP contribution in [0.2, 0.25) is 0 Å². The van der Waals surface area contributed by atoms with Crippen molar-refractivity contribution in [3.63, 3.8) is 0 Å². The van der Waals surface area contributed by atoms with E-state index in [1.54, 1.807) is 0 Å². The highest BCUT2D eigenvalue weighted by molar-refractivity contribution is 9.10. The minimum atomic E-state index is 0.0837. The number of halogens is 1. The summed E-state index contributed by atoms with van der Waals surface area (Å²) in [6, 6.07) is 14.2. The highest BCUT2D eigenvalue weighted by Crippen LogP contribution is 2.44. The fraction of sp³-hybridized carbons (Fsp3) is 0.409. The highest BCUT2D eigenvalue weighted by atomic mass is 79.9. The number of hydrogen-bond donors (Lipinski definition) is 1. The van der Waals surface area contributed by atoms with Gasteiger partial charge in [-0.3, -0.25) is 9.36 Å². The Kier molecular flexibility index (Phi) is 5.69. The summed E-state index contributed by atoms with van der Waals surface area (Å²) in [6.45, 7) is 0.609. The third kappa shape index (κ3) is 4.64. The Morgan fingerprint density at radius 2 is 1.87 bits per heavy atom. The number of aromatic nitrogens is 3. The first kappa shape index (κ1) is 19.9. The van der Waals surface area contributed by atoms with Gasteiger partial charge in [-0.2, -0.15) is 0 Å². The molecule has 1 aromatic carbocycles. The number of carbonyl (C=O) groups is 1. The quantitative estimate of drug-likeness (QED) is 0.442. The lowest BCUT2D eigenvalue weighted by Crippen LogP contribution is -2.39. The van der Waals surface area contributed by atoms with Crippen molar-refractivity contribution in [2.24, 2.45) is 11.8 Å². The second-order valence-corrected chi connectivity index (χ2v) is 9.76. The summed E-state index contributed by atoms with van der Waals surface area (Å²) < 4.78 is 8.37. The van der Waals surface area contributed by atoms with E-state index in [-0.39, 0.29) is 5.91 Å². The zero-order valence-corrected chi connectivity index (χ0v) is 18.9. The summed E-state index contributed by atoms with van der Waals surface area (Å²) in [5.41, 5.74) is 1.14. The Bertz CT molecular complexity index is 1010. The van der Waals surface area contributed by atoms with E-state index in [4.69, 9.17) is 4.42 Å². The van der Waals surface area contributed by atoms with E-state index < -0.39 is 0 Å². The van der Waals surface area contributed by atoms with Gasteiger partial charge in [0.15, 0.2) is 15.6 Å². The van der Waals surface area contributed by atoms with E-state index in [1.807, 2.05) is 34.9 Å². The molecule has 5 rings (SSSR count). The maximum atomic E-state index is 12.6. The molecule has 2 fully saturated rings. The number of nitrogens with zero attached hydrogens (tertiary/aromatic N) is 3. The van der Waals surface area contributed by atoms with Gasteiger partial charge in [-0.1, -0.05) is 42.1 Å². The van der Waals surface area contributed by atoms with E-state index in [1.165, 1.54) is 37.4 Å². The predicted molar refractivity (Wildman–Crippen MR) is 119 cm³/mol. The Hall–Kier alpha value is -2.06. The molecule has 3 aromatic rings. The Labute approximate surface area is 188 Å². The zero-order valence-electron chi connectivity index (χ0n) is 16.5. The molecule has 0 unspecified atom stereocenters. The molecule has 2 heterocycles. The van der Waals surface area contributed by atoms with Gasteiger partial charge in [0.25, 0.3) is 0 Å². The smallest absolute Gasteiger partial charge is 0.230 e. The molecule has 0 aliphatic heterocycles. The number of hydrogen-bond acceptors (Lipinski definition) is 5. The van der Waals surface area contributed by atoms with Gasteiger partial charge < -0.3 is 9.73 Å². The van der Waals surface area contributed by atoms with Crippen LogP contribution in [-0.4, -0.2) is 32.5 Å². The van der Waals surface area contributed by atoms with Crippen molar-refractivity contribution in [2.45, 2.75) is 43.4 Å². The van der Waals surface area contributed by atoms with Gasteiger partial charge >= 0.3 is 0 Å². The van der Waals surface area contributed by atoms with Crippen molar-refractivity contribution in [2.75, 3.05) is 5.75 Å². The average molecular weight is 487 g/mol. The number of amides is 1. The molecule has 2 aliphatic rings. The van der Waals surface area contributed by atoms with Crippen LogP contribution in [0.3, 0.4) is 0 Å². The van der Waals surface area contributed by atoms with Crippen molar-refractivity contribution < 1.29 is 9.21 Å². The van der Waals surface area contributed by atoms with Crippen molar-refractivity contribution in [1.82, 2.24) is 20.1 Å². The molecule has 0 saturated heterocycles. The van der Waals surface area contributed by atoms with Crippen molar-refractivity contribution in [3.05, 3.63) is 52.7 Å².